The molecule has 25 heavy (non-hydrogen) atoms. The van der Waals surface area contributed by atoms with Crippen LogP contribution < -0.4 is 10.1 Å². The van der Waals surface area contributed by atoms with E-state index in [1.165, 1.54) is 4.80 Å². The average Bonchev–Trinajstić information content (AvgIpc) is 3.10. The van der Waals surface area contributed by atoms with E-state index in [9.17, 15) is 4.79 Å². The number of tetrazole rings is 1. The molecule has 8 heteroatoms. The van der Waals surface area contributed by atoms with E-state index in [0.29, 0.717) is 18.1 Å². The highest BCUT2D eigenvalue weighted by molar-refractivity contribution is 9.10. The van der Waals surface area contributed by atoms with Crippen LogP contribution in [0.4, 0.5) is 5.69 Å². The first-order chi connectivity index (χ1) is 12.1. The monoisotopic (exact) mass is 401 g/mol. The van der Waals surface area contributed by atoms with Crippen molar-refractivity contribution in [2.75, 3.05) is 12.4 Å². The lowest BCUT2D eigenvalue weighted by atomic mass is 10.2. The maximum atomic E-state index is 12.0. The zero-order valence-corrected chi connectivity index (χ0v) is 15.1. The van der Waals surface area contributed by atoms with E-state index >= 15 is 0 Å². The molecule has 1 amide bonds. The summed E-state index contributed by atoms with van der Waals surface area (Å²) in [7, 11) is 1.60. The predicted octanol–water partition coefficient (Wildman–Crippen LogP) is 3.14. The fraction of sp³-hybridized carbons (Fsp3) is 0.176. The molecule has 3 rings (SSSR count). The van der Waals surface area contributed by atoms with Crippen LogP contribution in [-0.4, -0.2) is 33.2 Å². The predicted molar refractivity (Wildman–Crippen MR) is 97.2 cm³/mol. The van der Waals surface area contributed by atoms with Gasteiger partial charge in [-0.25, -0.2) is 0 Å². The van der Waals surface area contributed by atoms with Crippen molar-refractivity contribution in [2.24, 2.45) is 0 Å². The smallest absolute Gasteiger partial charge is 0.226 e. The van der Waals surface area contributed by atoms with E-state index in [1.807, 2.05) is 24.3 Å². The van der Waals surface area contributed by atoms with Crippen molar-refractivity contribution >= 4 is 27.5 Å². The molecule has 0 fully saturated rings. The number of methoxy groups -OCH3 is 1. The third kappa shape index (κ3) is 4.63. The Labute approximate surface area is 153 Å². The molecule has 2 aromatic carbocycles. The largest absolute Gasteiger partial charge is 0.497 e. The van der Waals surface area contributed by atoms with Crippen molar-refractivity contribution in [3.63, 3.8) is 0 Å². The second-order valence-electron chi connectivity index (χ2n) is 5.24. The Bertz CT molecular complexity index is 846. The fourth-order valence-electron chi connectivity index (χ4n) is 2.15. The number of aryl methyl sites for hydroxylation is 1. The van der Waals surface area contributed by atoms with Crippen LogP contribution >= 0.6 is 15.9 Å². The molecule has 0 radical (unpaired) electrons. The third-order valence-electron chi connectivity index (χ3n) is 3.47. The summed E-state index contributed by atoms with van der Waals surface area (Å²) in [5, 5.41) is 15.1. The van der Waals surface area contributed by atoms with Crippen LogP contribution in [0.3, 0.4) is 0 Å². The molecule has 0 aliphatic heterocycles. The van der Waals surface area contributed by atoms with Gasteiger partial charge in [0.1, 0.15) is 5.75 Å². The summed E-state index contributed by atoms with van der Waals surface area (Å²) in [6.45, 7) is 0.353. The molecule has 0 spiro atoms. The maximum absolute atomic E-state index is 12.0. The van der Waals surface area contributed by atoms with Crippen LogP contribution in [-0.2, 0) is 11.3 Å². The van der Waals surface area contributed by atoms with Crippen LogP contribution in [0.1, 0.15) is 6.42 Å². The number of rotatable bonds is 6. The van der Waals surface area contributed by atoms with Crippen molar-refractivity contribution in [3.8, 4) is 17.1 Å². The van der Waals surface area contributed by atoms with Gasteiger partial charge in [0, 0.05) is 22.1 Å². The van der Waals surface area contributed by atoms with Gasteiger partial charge in [-0.15, -0.1) is 10.2 Å². The number of halogens is 1. The molecule has 1 aromatic heterocycles. The molecular weight excluding hydrogens is 386 g/mol. The quantitative estimate of drug-likeness (QED) is 0.685. The van der Waals surface area contributed by atoms with E-state index in [-0.39, 0.29) is 12.3 Å². The van der Waals surface area contributed by atoms with Crippen molar-refractivity contribution in [1.29, 1.82) is 0 Å². The highest BCUT2D eigenvalue weighted by atomic mass is 79.9. The standard InChI is InChI=1S/C17H16BrN5O2/c1-25-15-8-6-14(7-9-15)19-16(24)10-11-23-21-17(20-22-23)12-2-4-13(18)5-3-12/h2-9H,10-11H2,1H3,(H,19,24). The number of aromatic nitrogens is 4. The molecule has 128 valence electrons. The van der Waals surface area contributed by atoms with Crippen molar-refractivity contribution < 1.29 is 9.53 Å². The van der Waals surface area contributed by atoms with E-state index in [0.717, 1.165) is 15.8 Å². The zero-order chi connectivity index (χ0) is 17.6. The van der Waals surface area contributed by atoms with Crippen molar-refractivity contribution in [1.82, 2.24) is 20.2 Å². The molecule has 3 aromatic rings. The molecule has 1 heterocycles. The van der Waals surface area contributed by atoms with Gasteiger partial charge in [0.05, 0.1) is 13.7 Å². The molecule has 0 aliphatic rings. The summed E-state index contributed by atoms with van der Waals surface area (Å²) in [5.41, 5.74) is 1.59. The first kappa shape index (κ1) is 17.1. The third-order valence-corrected chi connectivity index (χ3v) is 4.00. The van der Waals surface area contributed by atoms with Gasteiger partial charge in [-0.05, 0) is 53.7 Å². The summed E-state index contributed by atoms with van der Waals surface area (Å²) < 4.78 is 6.07. The number of nitrogens with zero attached hydrogens (tertiary/aromatic N) is 4. The Morgan fingerprint density at radius 1 is 1.16 bits per heavy atom. The van der Waals surface area contributed by atoms with E-state index in [2.05, 4.69) is 36.7 Å². The maximum Gasteiger partial charge on any atom is 0.226 e. The SMILES string of the molecule is COc1ccc(NC(=O)CCn2nnc(-c3ccc(Br)cc3)n2)cc1. The number of nitrogens with one attached hydrogen (secondary N) is 1. The van der Waals surface area contributed by atoms with Gasteiger partial charge in [0.2, 0.25) is 11.7 Å². The second kappa shape index (κ2) is 7.89. The van der Waals surface area contributed by atoms with Crippen molar-refractivity contribution in [2.45, 2.75) is 13.0 Å². The Balaban J connectivity index is 1.54. The van der Waals surface area contributed by atoms with E-state index in [4.69, 9.17) is 4.74 Å². The van der Waals surface area contributed by atoms with Crippen molar-refractivity contribution in [3.05, 3.63) is 53.0 Å². The number of carbonyl (C=O) groups is 1. The topological polar surface area (TPSA) is 81.9 Å². The lowest BCUT2D eigenvalue weighted by molar-refractivity contribution is -0.116. The molecule has 0 saturated carbocycles. The average molecular weight is 402 g/mol. The summed E-state index contributed by atoms with van der Waals surface area (Å²) in [6.07, 6.45) is 0.252. The minimum absolute atomic E-state index is 0.118. The normalized spacial score (nSPS) is 10.5. The highest BCUT2D eigenvalue weighted by Gasteiger charge is 2.08. The minimum atomic E-state index is -0.118. The van der Waals surface area contributed by atoms with E-state index < -0.39 is 0 Å². The second-order valence-corrected chi connectivity index (χ2v) is 6.16. The van der Waals surface area contributed by atoms with Crippen LogP contribution in [0.2, 0.25) is 0 Å². The molecule has 0 aliphatic carbocycles. The van der Waals surface area contributed by atoms with Gasteiger partial charge in [-0.3, -0.25) is 4.79 Å². The van der Waals surface area contributed by atoms with E-state index in [1.54, 1.807) is 31.4 Å². The van der Waals surface area contributed by atoms with Crippen LogP contribution in [0.15, 0.2) is 53.0 Å². The minimum Gasteiger partial charge on any atom is -0.497 e. The van der Waals surface area contributed by atoms with Gasteiger partial charge >= 0.3 is 0 Å². The molecule has 0 bridgehead atoms. The lowest BCUT2D eigenvalue weighted by Gasteiger charge is -2.05. The van der Waals surface area contributed by atoms with Gasteiger partial charge in [0.15, 0.2) is 0 Å². The summed E-state index contributed by atoms with van der Waals surface area (Å²) in [5.74, 6) is 1.15. The molecule has 7 nitrogen and oxygen atoms in total. The van der Waals surface area contributed by atoms with Gasteiger partial charge in [-0.1, -0.05) is 15.9 Å². The Hall–Kier alpha value is -2.74. The Kier molecular flexibility index (Phi) is 5.39. The highest BCUT2D eigenvalue weighted by Crippen LogP contribution is 2.18. The molecule has 1 N–H and O–H groups in total. The number of anilines is 1. The van der Waals surface area contributed by atoms with Gasteiger partial charge < -0.3 is 10.1 Å². The Morgan fingerprint density at radius 3 is 2.56 bits per heavy atom. The molecule has 0 saturated heterocycles. The number of hydrogen-bond acceptors (Lipinski definition) is 5. The molecule has 0 unspecified atom stereocenters. The number of amides is 1. The first-order valence-electron chi connectivity index (χ1n) is 7.62. The van der Waals surface area contributed by atoms with Crippen LogP contribution in [0, 0.1) is 0 Å². The number of benzene rings is 2. The first-order valence-corrected chi connectivity index (χ1v) is 8.41. The van der Waals surface area contributed by atoms with Crippen LogP contribution in [0.25, 0.3) is 11.4 Å². The number of hydrogen-bond donors (Lipinski definition) is 1. The lowest BCUT2D eigenvalue weighted by Crippen LogP contribution is -2.15. The summed E-state index contributed by atoms with van der Waals surface area (Å²) in [4.78, 5) is 13.4. The Morgan fingerprint density at radius 2 is 1.88 bits per heavy atom. The van der Waals surface area contributed by atoms with Gasteiger partial charge in [0.25, 0.3) is 0 Å². The number of ether oxygens (including phenoxy) is 1. The van der Waals surface area contributed by atoms with Crippen LogP contribution in [0.5, 0.6) is 5.75 Å². The zero-order valence-electron chi connectivity index (χ0n) is 13.5. The molecular formula is C17H16BrN5O2. The summed E-state index contributed by atoms with van der Waals surface area (Å²) in [6, 6.07) is 14.8. The number of carbonyl (C=O) groups excluding carboxylic acids is 1. The fourth-order valence-corrected chi connectivity index (χ4v) is 2.42. The van der Waals surface area contributed by atoms with Gasteiger partial charge in [-0.2, -0.15) is 4.80 Å². The molecule has 0 atom stereocenters. The summed E-state index contributed by atoms with van der Waals surface area (Å²) >= 11 is 3.39.